The van der Waals surface area contributed by atoms with Gasteiger partial charge in [-0.2, -0.15) is 0 Å². The summed E-state index contributed by atoms with van der Waals surface area (Å²) in [4.78, 5) is 11.7. The first kappa shape index (κ1) is 28.3. The molecule has 11 rings (SSSR count). The molecule has 0 bridgehead atoms. The summed E-state index contributed by atoms with van der Waals surface area (Å²) < 4.78 is 6.02. The Labute approximate surface area is 297 Å². The predicted octanol–water partition coefficient (Wildman–Crippen LogP) is 12.4. The zero-order valence-corrected chi connectivity index (χ0v) is 28.2. The van der Waals surface area contributed by atoms with Crippen molar-refractivity contribution >= 4 is 75.3 Å². The maximum absolute atomic E-state index is 5.40. The summed E-state index contributed by atoms with van der Waals surface area (Å²) in [6, 6.07) is 60.5. The molecule has 238 valence electrons. The molecule has 0 N–H and O–H groups in total. The number of fused-ring (bicyclic) bond motifs is 10. The van der Waals surface area contributed by atoms with Crippen LogP contribution >= 0.6 is 11.3 Å². The second-order valence-corrected chi connectivity index (χ2v) is 14.0. The molecule has 11 aromatic rings. The van der Waals surface area contributed by atoms with Gasteiger partial charge in [-0.3, -0.25) is 0 Å². The van der Waals surface area contributed by atoms with Crippen molar-refractivity contribution in [2.75, 3.05) is 0 Å². The van der Waals surface area contributed by atoms with Crippen molar-refractivity contribution in [1.29, 1.82) is 0 Å². The Morgan fingerprint density at radius 2 is 0.980 bits per heavy atom. The van der Waals surface area contributed by atoms with E-state index < -0.39 is 0 Å². The molecule has 5 heteroatoms. The van der Waals surface area contributed by atoms with Gasteiger partial charge in [-0.05, 0) is 54.6 Å². The number of nitrogens with zero attached hydrogens (tertiary/aromatic N) is 4. The number of thiophene rings is 1. The molecule has 0 unspecified atom stereocenters. The zero-order chi connectivity index (χ0) is 33.5. The van der Waals surface area contributed by atoms with Gasteiger partial charge in [-0.25, -0.2) is 9.97 Å². The highest BCUT2D eigenvalue weighted by atomic mass is 32.1. The van der Waals surface area contributed by atoms with E-state index in [1.54, 1.807) is 11.3 Å². The van der Waals surface area contributed by atoms with Crippen molar-refractivity contribution in [3.05, 3.63) is 170 Å². The molecule has 0 saturated carbocycles. The quantitative estimate of drug-likeness (QED) is 0.187. The highest BCUT2D eigenvalue weighted by Crippen LogP contribution is 2.44. The van der Waals surface area contributed by atoms with E-state index >= 15 is 0 Å². The average molecular weight is 669 g/mol. The summed E-state index contributed by atoms with van der Waals surface area (Å²) in [5.74, 6) is 0.719. The average Bonchev–Trinajstić information content (AvgIpc) is 3.86. The first-order valence-electron chi connectivity index (χ1n) is 17.2. The third kappa shape index (κ3) is 4.13. The SMILES string of the molecule is c1ccc(-c2nc(-c3ccccc3-n3c4ccccc4c4c5c6ccccc6n(-c6ccccc6)c5ccc43)nc3sc4ccccc4c23)cc1. The number of hydrogen-bond donors (Lipinski definition) is 0. The van der Waals surface area contributed by atoms with Gasteiger partial charge in [-0.15, -0.1) is 11.3 Å². The smallest absolute Gasteiger partial charge is 0.163 e. The summed E-state index contributed by atoms with van der Waals surface area (Å²) in [5.41, 5.74) is 9.92. The van der Waals surface area contributed by atoms with Crippen molar-refractivity contribution < 1.29 is 0 Å². The van der Waals surface area contributed by atoms with Crippen molar-refractivity contribution in [2.24, 2.45) is 0 Å². The molecule has 0 aliphatic carbocycles. The Morgan fingerprint density at radius 1 is 0.412 bits per heavy atom. The number of para-hydroxylation sites is 4. The Morgan fingerprint density at radius 3 is 1.73 bits per heavy atom. The molecule has 7 aromatic carbocycles. The summed E-state index contributed by atoms with van der Waals surface area (Å²) in [6.45, 7) is 0. The minimum absolute atomic E-state index is 0.719. The summed E-state index contributed by atoms with van der Waals surface area (Å²) in [5, 5.41) is 7.26. The molecule has 4 aromatic heterocycles. The lowest BCUT2D eigenvalue weighted by Crippen LogP contribution is -2.00. The number of benzene rings is 7. The highest BCUT2D eigenvalue weighted by molar-refractivity contribution is 7.25. The largest absolute Gasteiger partial charge is 0.309 e. The topological polar surface area (TPSA) is 35.6 Å². The minimum atomic E-state index is 0.719. The van der Waals surface area contributed by atoms with E-state index in [2.05, 4.69) is 179 Å². The monoisotopic (exact) mass is 668 g/mol. The molecule has 0 atom stereocenters. The molecule has 4 heterocycles. The van der Waals surface area contributed by atoms with Crippen LogP contribution in [0.15, 0.2) is 170 Å². The molecule has 0 radical (unpaired) electrons. The van der Waals surface area contributed by atoms with E-state index in [0.29, 0.717) is 0 Å². The van der Waals surface area contributed by atoms with Crippen LogP contribution in [-0.4, -0.2) is 19.1 Å². The third-order valence-electron chi connectivity index (χ3n) is 10.2. The second kappa shape index (κ2) is 11.0. The fourth-order valence-corrected chi connectivity index (χ4v) is 9.11. The molecule has 4 nitrogen and oxygen atoms in total. The number of hydrogen-bond acceptors (Lipinski definition) is 3. The van der Waals surface area contributed by atoms with E-state index in [-0.39, 0.29) is 0 Å². The van der Waals surface area contributed by atoms with Crippen LogP contribution in [-0.2, 0) is 0 Å². The lowest BCUT2D eigenvalue weighted by Gasteiger charge is -2.14. The summed E-state index contributed by atoms with van der Waals surface area (Å²) in [6.07, 6.45) is 0. The fourth-order valence-electron chi connectivity index (χ4n) is 8.04. The van der Waals surface area contributed by atoms with Crippen molar-refractivity contribution in [1.82, 2.24) is 19.1 Å². The van der Waals surface area contributed by atoms with Crippen LogP contribution in [0.5, 0.6) is 0 Å². The second-order valence-electron chi connectivity index (χ2n) is 13.0. The van der Waals surface area contributed by atoms with Crippen LogP contribution in [0.1, 0.15) is 0 Å². The Balaban J connectivity index is 1.23. The molecule has 51 heavy (non-hydrogen) atoms. The van der Waals surface area contributed by atoms with Gasteiger partial charge < -0.3 is 9.13 Å². The van der Waals surface area contributed by atoms with Gasteiger partial charge in [0.2, 0.25) is 0 Å². The lowest BCUT2D eigenvalue weighted by molar-refractivity contribution is 1.15. The van der Waals surface area contributed by atoms with Crippen LogP contribution in [0.3, 0.4) is 0 Å². The lowest BCUT2D eigenvalue weighted by atomic mass is 10.1. The highest BCUT2D eigenvalue weighted by Gasteiger charge is 2.23. The Kier molecular flexibility index (Phi) is 6.09. The fraction of sp³-hybridized carbons (Fsp3) is 0. The molecule has 0 fully saturated rings. The first-order chi connectivity index (χ1) is 25.3. The van der Waals surface area contributed by atoms with E-state index in [9.17, 15) is 0 Å². The normalized spacial score (nSPS) is 11.9. The number of aromatic nitrogens is 4. The van der Waals surface area contributed by atoms with Gasteiger partial charge in [0.1, 0.15) is 4.83 Å². The van der Waals surface area contributed by atoms with Crippen LogP contribution < -0.4 is 0 Å². The van der Waals surface area contributed by atoms with E-state index in [1.807, 2.05) is 0 Å². The van der Waals surface area contributed by atoms with E-state index in [1.165, 1.54) is 42.7 Å². The molecule has 0 amide bonds. The first-order valence-corrected chi connectivity index (χ1v) is 18.0. The Hall–Kier alpha value is -6.56. The maximum atomic E-state index is 5.40. The van der Waals surface area contributed by atoms with Gasteiger partial charge in [0, 0.05) is 53.8 Å². The molecule has 0 aliphatic rings. The van der Waals surface area contributed by atoms with Crippen molar-refractivity contribution in [3.63, 3.8) is 0 Å². The van der Waals surface area contributed by atoms with Gasteiger partial charge in [0.15, 0.2) is 5.82 Å². The molecule has 0 aliphatic heterocycles. The van der Waals surface area contributed by atoms with Crippen LogP contribution in [0.2, 0.25) is 0 Å². The third-order valence-corrected chi connectivity index (χ3v) is 11.2. The summed E-state index contributed by atoms with van der Waals surface area (Å²) >= 11 is 1.73. The van der Waals surface area contributed by atoms with E-state index in [0.717, 1.165) is 55.3 Å². The Bertz CT molecular complexity index is 3130. The standard InChI is InChI=1S/C46H28N4S/c1-3-15-29(16-4-1)44-43-34-22-10-14-26-40(34)51-46(43)48-45(47-44)33-21-9-13-25-37(33)50-36-24-12-8-20-32(36)42-39(50)28-27-38-41(42)31-19-7-11-23-35(31)49(38)30-17-5-2-6-18-30/h1-28H. The van der Waals surface area contributed by atoms with Crippen molar-refractivity contribution in [2.45, 2.75) is 0 Å². The molecular weight excluding hydrogens is 641 g/mol. The van der Waals surface area contributed by atoms with Gasteiger partial charge in [-0.1, -0.05) is 115 Å². The van der Waals surface area contributed by atoms with E-state index in [4.69, 9.17) is 9.97 Å². The zero-order valence-electron chi connectivity index (χ0n) is 27.4. The van der Waals surface area contributed by atoms with Crippen LogP contribution in [0.25, 0.3) is 97.9 Å². The van der Waals surface area contributed by atoms with Crippen molar-refractivity contribution in [3.8, 4) is 34.0 Å². The van der Waals surface area contributed by atoms with Gasteiger partial charge >= 0.3 is 0 Å². The van der Waals surface area contributed by atoms with Crippen LogP contribution in [0.4, 0.5) is 0 Å². The van der Waals surface area contributed by atoms with Gasteiger partial charge in [0.05, 0.1) is 33.4 Å². The number of rotatable bonds is 4. The molecule has 0 saturated heterocycles. The van der Waals surface area contributed by atoms with Crippen LogP contribution in [0, 0.1) is 0 Å². The molecular formula is C46H28N4S. The molecule has 0 spiro atoms. The van der Waals surface area contributed by atoms with Gasteiger partial charge in [0.25, 0.3) is 0 Å². The maximum Gasteiger partial charge on any atom is 0.163 e. The summed E-state index contributed by atoms with van der Waals surface area (Å²) in [7, 11) is 0. The predicted molar refractivity (Wildman–Crippen MR) is 214 cm³/mol. The minimum Gasteiger partial charge on any atom is -0.309 e.